The van der Waals surface area contributed by atoms with Crippen LogP contribution in [-0.2, 0) is 11.3 Å². The highest BCUT2D eigenvalue weighted by molar-refractivity contribution is 5.87. The van der Waals surface area contributed by atoms with Gasteiger partial charge >= 0.3 is 0 Å². The van der Waals surface area contributed by atoms with E-state index < -0.39 is 0 Å². The van der Waals surface area contributed by atoms with Crippen LogP contribution in [-0.4, -0.2) is 79.6 Å². The Morgan fingerprint density at radius 2 is 1.70 bits per heavy atom. The summed E-state index contributed by atoms with van der Waals surface area (Å²) in [4.78, 5) is 24.7. The van der Waals surface area contributed by atoms with Gasteiger partial charge in [-0.3, -0.25) is 9.69 Å². The molecule has 2 saturated heterocycles. The molecule has 7 nitrogen and oxygen atoms in total. The number of likely N-dealkylation sites (N-methyl/N-ethyl adjacent to an activating group) is 1. The summed E-state index contributed by atoms with van der Waals surface area (Å²) in [5.41, 5.74) is 4.84. The van der Waals surface area contributed by atoms with Gasteiger partial charge in [0.2, 0.25) is 5.91 Å². The first-order chi connectivity index (χ1) is 19.5. The highest BCUT2D eigenvalue weighted by Gasteiger charge is 2.20. The van der Waals surface area contributed by atoms with Crippen molar-refractivity contribution in [2.24, 2.45) is 0 Å². The van der Waals surface area contributed by atoms with Gasteiger partial charge in [-0.25, -0.2) is 4.98 Å². The Kier molecular flexibility index (Phi) is 9.90. The number of carbonyl (C=O) groups is 1. The van der Waals surface area contributed by atoms with Gasteiger partial charge in [-0.1, -0.05) is 36.8 Å². The van der Waals surface area contributed by atoms with Gasteiger partial charge in [0, 0.05) is 75.9 Å². The van der Waals surface area contributed by atoms with E-state index in [4.69, 9.17) is 4.98 Å². The van der Waals surface area contributed by atoms with Crippen LogP contribution in [0.3, 0.4) is 0 Å². The van der Waals surface area contributed by atoms with Crippen LogP contribution in [0.25, 0.3) is 10.9 Å². The molecule has 1 amide bonds. The molecule has 2 aliphatic rings. The number of carbonyl (C=O) groups excluding carboxylic acids is 1. The Morgan fingerprint density at radius 3 is 2.48 bits per heavy atom. The number of rotatable bonds is 11. The lowest BCUT2D eigenvalue weighted by atomic mass is 10.0. The number of amides is 1. The van der Waals surface area contributed by atoms with E-state index in [1.54, 1.807) is 0 Å². The predicted molar refractivity (Wildman–Crippen MR) is 166 cm³/mol. The molecule has 0 spiro atoms. The molecule has 0 unspecified atom stereocenters. The molecule has 3 aromatic rings. The maximum absolute atomic E-state index is 12.5. The zero-order valence-electron chi connectivity index (χ0n) is 24.4. The number of nitrogens with one attached hydrogen (secondary N) is 2. The summed E-state index contributed by atoms with van der Waals surface area (Å²) < 4.78 is 0. The molecule has 0 aliphatic carbocycles. The van der Waals surface area contributed by atoms with E-state index in [-0.39, 0.29) is 5.91 Å². The highest BCUT2D eigenvalue weighted by Crippen LogP contribution is 2.26. The first kappa shape index (κ1) is 28.4. The Balaban J connectivity index is 0.972. The smallest absolute Gasteiger partial charge is 0.220 e. The average Bonchev–Trinajstić information content (AvgIpc) is 2.97. The van der Waals surface area contributed by atoms with Crippen molar-refractivity contribution in [1.29, 1.82) is 0 Å². The van der Waals surface area contributed by atoms with E-state index >= 15 is 0 Å². The minimum Gasteiger partial charge on any atom is -0.385 e. The van der Waals surface area contributed by atoms with Crippen LogP contribution in [0.1, 0.15) is 49.7 Å². The molecule has 3 heterocycles. The van der Waals surface area contributed by atoms with Crippen LogP contribution in [0, 0.1) is 6.92 Å². The Morgan fingerprint density at radius 1 is 0.925 bits per heavy atom. The largest absolute Gasteiger partial charge is 0.385 e. The molecule has 0 saturated carbocycles. The Bertz CT molecular complexity index is 1230. The summed E-state index contributed by atoms with van der Waals surface area (Å²) in [5.74, 6) is 1.30. The van der Waals surface area contributed by atoms with Crippen molar-refractivity contribution >= 4 is 28.3 Å². The lowest BCUT2D eigenvalue weighted by Crippen LogP contribution is -2.44. The zero-order chi connectivity index (χ0) is 27.7. The van der Waals surface area contributed by atoms with Crippen LogP contribution >= 0.6 is 0 Å². The Hall–Kier alpha value is -3.16. The van der Waals surface area contributed by atoms with Crippen molar-refractivity contribution < 1.29 is 4.79 Å². The number of benzene rings is 2. The van der Waals surface area contributed by atoms with Gasteiger partial charge in [-0.2, -0.15) is 0 Å². The summed E-state index contributed by atoms with van der Waals surface area (Å²) >= 11 is 0. The molecule has 0 bridgehead atoms. The van der Waals surface area contributed by atoms with Crippen molar-refractivity contribution in [2.75, 3.05) is 63.1 Å². The highest BCUT2D eigenvalue weighted by atomic mass is 16.1. The molecule has 40 heavy (non-hydrogen) atoms. The van der Waals surface area contributed by atoms with Gasteiger partial charge in [0.25, 0.3) is 0 Å². The maximum Gasteiger partial charge on any atom is 0.220 e. The van der Waals surface area contributed by atoms with Crippen molar-refractivity contribution in [1.82, 2.24) is 20.1 Å². The summed E-state index contributed by atoms with van der Waals surface area (Å²) in [6.07, 6.45) is 5.76. The second-order valence-corrected chi connectivity index (χ2v) is 11.7. The van der Waals surface area contributed by atoms with E-state index in [1.165, 1.54) is 16.5 Å². The number of hydrogen-bond acceptors (Lipinski definition) is 6. The molecular formula is C33H46N6O. The van der Waals surface area contributed by atoms with Crippen LogP contribution in [0.4, 0.5) is 11.5 Å². The van der Waals surface area contributed by atoms with Gasteiger partial charge < -0.3 is 20.4 Å². The monoisotopic (exact) mass is 542 g/mol. The standard InChI is InChI=1S/C33H46N6O/c1-26-23-32(39-21-19-37(2)20-22-39)36-31-13-12-29(24-30(26)31)34-16-8-4-7-11-33(40)35-28-14-17-38(18-15-28)25-27-9-5-3-6-10-27/h3,5-6,9-10,12-13,23-24,28,34H,4,7-8,11,14-22,25H2,1-2H3,(H,35,40). The van der Waals surface area contributed by atoms with Crippen molar-refractivity contribution in [3.63, 3.8) is 0 Å². The van der Waals surface area contributed by atoms with Crippen LogP contribution in [0.15, 0.2) is 54.6 Å². The number of piperazine rings is 1. The van der Waals surface area contributed by atoms with Crippen molar-refractivity contribution in [3.05, 3.63) is 65.7 Å². The van der Waals surface area contributed by atoms with Crippen LogP contribution in [0.5, 0.6) is 0 Å². The molecule has 214 valence electrons. The summed E-state index contributed by atoms with van der Waals surface area (Å²) in [6, 6.07) is 19.7. The molecule has 0 atom stereocenters. The average molecular weight is 543 g/mol. The fraction of sp³-hybridized carbons (Fsp3) is 0.515. The number of piperidine rings is 1. The predicted octanol–water partition coefficient (Wildman–Crippen LogP) is 5.05. The van der Waals surface area contributed by atoms with E-state index in [0.29, 0.717) is 12.5 Å². The number of nitrogens with zero attached hydrogens (tertiary/aromatic N) is 4. The van der Waals surface area contributed by atoms with E-state index in [0.717, 1.165) is 101 Å². The third-order valence-electron chi connectivity index (χ3n) is 8.44. The first-order valence-corrected chi connectivity index (χ1v) is 15.2. The minimum absolute atomic E-state index is 0.211. The summed E-state index contributed by atoms with van der Waals surface area (Å²) in [7, 11) is 2.18. The first-order valence-electron chi connectivity index (χ1n) is 15.2. The van der Waals surface area contributed by atoms with Gasteiger partial charge in [0.05, 0.1) is 5.52 Å². The van der Waals surface area contributed by atoms with Crippen LogP contribution in [0.2, 0.25) is 0 Å². The molecule has 2 fully saturated rings. The third kappa shape index (κ3) is 7.95. The van der Waals surface area contributed by atoms with E-state index in [2.05, 4.69) is 93.9 Å². The number of aromatic nitrogens is 1. The zero-order valence-corrected chi connectivity index (χ0v) is 24.4. The lowest BCUT2D eigenvalue weighted by Gasteiger charge is -2.33. The van der Waals surface area contributed by atoms with E-state index in [9.17, 15) is 4.79 Å². The van der Waals surface area contributed by atoms with Gasteiger partial charge in [0.1, 0.15) is 5.82 Å². The number of fused-ring (bicyclic) bond motifs is 1. The normalized spacial score (nSPS) is 17.3. The number of unbranched alkanes of at least 4 members (excludes halogenated alkanes) is 2. The molecule has 2 aliphatic heterocycles. The SMILES string of the molecule is Cc1cc(N2CCN(C)CC2)nc2ccc(NCCCCCC(=O)NC3CCN(Cc4ccccc4)CC3)cc12. The molecule has 7 heteroatoms. The van der Waals surface area contributed by atoms with Crippen LogP contribution < -0.4 is 15.5 Å². The molecule has 1 aromatic heterocycles. The minimum atomic E-state index is 0.211. The molecule has 2 aromatic carbocycles. The van der Waals surface area contributed by atoms with Gasteiger partial charge in [-0.05, 0) is 75.0 Å². The maximum atomic E-state index is 12.5. The molecule has 5 rings (SSSR count). The fourth-order valence-corrected chi connectivity index (χ4v) is 5.88. The lowest BCUT2D eigenvalue weighted by molar-refractivity contribution is -0.122. The molecular weight excluding hydrogens is 496 g/mol. The quantitative estimate of drug-likeness (QED) is 0.331. The Labute approximate surface area is 239 Å². The topological polar surface area (TPSA) is 63.7 Å². The third-order valence-corrected chi connectivity index (χ3v) is 8.44. The number of hydrogen-bond donors (Lipinski definition) is 2. The second kappa shape index (κ2) is 14.0. The second-order valence-electron chi connectivity index (χ2n) is 11.7. The number of likely N-dealkylation sites (tertiary alicyclic amines) is 1. The fourth-order valence-electron chi connectivity index (χ4n) is 5.88. The number of anilines is 2. The van der Waals surface area contributed by atoms with Crippen molar-refractivity contribution in [2.45, 2.75) is 58.0 Å². The molecule has 0 radical (unpaired) electrons. The van der Waals surface area contributed by atoms with Gasteiger partial charge in [-0.15, -0.1) is 0 Å². The van der Waals surface area contributed by atoms with Crippen molar-refractivity contribution in [3.8, 4) is 0 Å². The van der Waals surface area contributed by atoms with E-state index in [1.807, 2.05) is 0 Å². The summed E-state index contributed by atoms with van der Waals surface area (Å²) in [6.45, 7) is 10.4. The number of aryl methyl sites for hydroxylation is 1. The molecule has 2 N–H and O–H groups in total. The summed E-state index contributed by atoms with van der Waals surface area (Å²) in [5, 5.41) is 8.06. The van der Waals surface area contributed by atoms with Gasteiger partial charge in [0.15, 0.2) is 0 Å². The number of pyridine rings is 1.